The number of carbonyl (C=O) groups excluding carboxylic acids is 1. The number of amides is 1. The first-order valence-electron chi connectivity index (χ1n) is 8.09. The van der Waals surface area contributed by atoms with E-state index in [-0.39, 0.29) is 18.0 Å². The fourth-order valence-corrected chi connectivity index (χ4v) is 2.44. The molecule has 28 heavy (non-hydrogen) atoms. The molecule has 1 heterocycles. The van der Waals surface area contributed by atoms with Crippen molar-refractivity contribution in [1.82, 2.24) is 10.5 Å². The summed E-state index contributed by atoms with van der Waals surface area (Å²) in [5, 5.41) is 6.37. The Hall–Kier alpha value is -3.49. The largest absolute Gasteiger partial charge is 0.573 e. The molecule has 0 aliphatic heterocycles. The normalized spacial score (nSPS) is 11.1. The zero-order chi connectivity index (χ0) is 20.1. The number of nitrogens with zero attached hydrogens (tertiary/aromatic N) is 1. The molecule has 6 nitrogen and oxygen atoms in total. The molecular weight excluding hydrogens is 377 g/mol. The van der Waals surface area contributed by atoms with Crippen LogP contribution in [0.25, 0.3) is 11.3 Å². The van der Waals surface area contributed by atoms with Crippen LogP contribution in [0.15, 0.2) is 59.1 Å². The van der Waals surface area contributed by atoms with Crippen molar-refractivity contribution in [3.05, 3.63) is 65.9 Å². The van der Waals surface area contributed by atoms with E-state index in [0.717, 1.165) is 0 Å². The molecule has 0 atom stereocenters. The van der Waals surface area contributed by atoms with Gasteiger partial charge in [0.15, 0.2) is 11.5 Å². The molecule has 146 valence electrons. The summed E-state index contributed by atoms with van der Waals surface area (Å²) in [5.41, 5.74) is 1.31. The Labute approximate surface area is 157 Å². The van der Waals surface area contributed by atoms with Gasteiger partial charge >= 0.3 is 6.36 Å². The van der Waals surface area contributed by atoms with Crippen LogP contribution in [0.3, 0.4) is 0 Å². The topological polar surface area (TPSA) is 73.6 Å². The van der Waals surface area contributed by atoms with E-state index >= 15 is 0 Å². The Morgan fingerprint density at radius 1 is 1.14 bits per heavy atom. The lowest BCUT2D eigenvalue weighted by Gasteiger charge is -2.09. The first-order valence-corrected chi connectivity index (χ1v) is 8.09. The molecule has 0 aliphatic carbocycles. The Bertz CT molecular complexity index is 952. The zero-order valence-electron chi connectivity index (χ0n) is 14.6. The van der Waals surface area contributed by atoms with Gasteiger partial charge in [-0.2, -0.15) is 0 Å². The van der Waals surface area contributed by atoms with E-state index in [9.17, 15) is 18.0 Å². The second-order valence-corrected chi connectivity index (χ2v) is 5.65. The quantitative estimate of drug-likeness (QED) is 0.681. The van der Waals surface area contributed by atoms with E-state index in [0.29, 0.717) is 22.6 Å². The maximum absolute atomic E-state index is 12.2. The van der Waals surface area contributed by atoms with Gasteiger partial charge in [-0.3, -0.25) is 4.79 Å². The molecule has 0 bridgehead atoms. The van der Waals surface area contributed by atoms with Gasteiger partial charge in [-0.25, -0.2) is 0 Å². The predicted molar refractivity (Wildman–Crippen MR) is 92.8 cm³/mol. The second kappa shape index (κ2) is 8.03. The van der Waals surface area contributed by atoms with Crippen molar-refractivity contribution >= 4 is 5.91 Å². The molecule has 2 aromatic carbocycles. The first kappa shape index (κ1) is 19.3. The third-order valence-corrected chi connectivity index (χ3v) is 3.73. The van der Waals surface area contributed by atoms with Gasteiger partial charge in [0.1, 0.15) is 11.5 Å². The summed E-state index contributed by atoms with van der Waals surface area (Å²) in [4.78, 5) is 12.2. The van der Waals surface area contributed by atoms with E-state index in [4.69, 9.17) is 9.26 Å². The minimum Gasteiger partial charge on any atom is -0.496 e. The third kappa shape index (κ3) is 4.81. The minimum atomic E-state index is -4.75. The lowest BCUT2D eigenvalue weighted by molar-refractivity contribution is -0.274. The van der Waals surface area contributed by atoms with E-state index in [1.54, 1.807) is 24.3 Å². The monoisotopic (exact) mass is 392 g/mol. The summed E-state index contributed by atoms with van der Waals surface area (Å²) in [6, 6.07) is 13.8. The molecular formula is C19H15F3N2O4. The maximum atomic E-state index is 12.2. The lowest BCUT2D eigenvalue weighted by atomic mass is 10.1. The van der Waals surface area contributed by atoms with E-state index < -0.39 is 12.3 Å². The van der Waals surface area contributed by atoms with Crippen molar-refractivity contribution in [2.24, 2.45) is 0 Å². The smallest absolute Gasteiger partial charge is 0.496 e. The number of benzene rings is 2. The van der Waals surface area contributed by atoms with Gasteiger partial charge in [0.2, 0.25) is 0 Å². The van der Waals surface area contributed by atoms with Crippen LogP contribution in [0.2, 0.25) is 0 Å². The zero-order valence-corrected chi connectivity index (χ0v) is 14.6. The molecule has 1 aromatic heterocycles. The number of alkyl halides is 3. The minimum absolute atomic E-state index is 0.0675. The molecule has 0 radical (unpaired) electrons. The number of hydrogen-bond donors (Lipinski definition) is 1. The summed E-state index contributed by atoms with van der Waals surface area (Å²) in [6.45, 7) is 0.0992. The van der Waals surface area contributed by atoms with Crippen molar-refractivity contribution in [3.8, 4) is 22.8 Å². The highest BCUT2D eigenvalue weighted by Crippen LogP contribution is 2.30. The predicted octanol–water partition coefficient (Wildman–Crippen LogP) is 4.18. The highest BCUT2D eigenvalue weighted by Gasteiger charge is 2.30. The van der Waals surface area contributed by atoms with Crippen molar-refractivity contribution in [2.75, 3.05) is 7.11 Å². The summed E-state index contributed by atoms with van der Waals surface area (Å²) in [7, 11) is 1.52. The average Bonchev–Trinajstić information content (AvgIpc) is 3.16. The van der Waals surface area contributed by atoms with Crippen molar-refractivity contribution < 1.29 is 32.0 Å². The molecule has 3 rings (SSSR count). The Balaban J connectivity index is 1.62. The number of aromatic nitrogens is 1. The number of ether oxygens (including phenoxy) is 2. The van der Waals surface area contributed by atoms with Gasteiger partial charge in [-0.1, -0.05) is 29.4 Å². The second-order valence-electron chi connectivity index (χ2n) is 5.65. The van der Waals surface area contributed by atoms with Gasteiger partial charge in [-0.05, 0) is 29.8 Å². The summed E-state index contributed by atoms with van der Waals surface area (Å²) in [5.74, 6) is 0.129. The fourth-order valence-electron chi connectivity index (χ4n) is 2.44. The number of hydrogen-bond acceptors (Lipinski definition) is 5. The molecule has 9 heteroatoms. The number of rotatable bonds is 6. The van der Waals surface area contributed by atoms with Crippen LogP contribution in [0, 0.1) is 0 Å². The highest BCUT2D eigenvalue weighted by molar-refractivity contribution is 5.93. The molecule has 0 aliphatic rings. The summed E-state index contributed by atoms with van der Waals surface area (Å²) < 4.78 is 50.7. The summed E-state index contributed by atoms with van der Waals surface area (Å²) in [6.07, 6.45) is -4.75. The van der Waals surface area contributed by atoms with Gasteiger partial charge in [0, 0.05) is 12.6 Å². The lowest BCUT2D eigenvalue weighted by Crippen LogP contribution is -2.23. The Morgan fingerprint density at radius 3 is 2.54 bits per heavy atom. The number of carbonyl (C=O) groups is 1. The standard InChI is InChI=1S/C19H15F3N2O4/c1-26-16-5-3-2-4-14(16)17-10-15(24-28-17)18(25)23-11-12-6-8-13(9-7-12)27-19(20,21)22/h2-10H,11H2,1H3,(H,23,25). The fraction of sp³-hybridized carbons (Fsp3) is 0.158. The van der Waals surface area contributed by atoms with Crippen LogP contribution >= 0.6 is 0 Å². The number of methoxy groups -OCH3 is 1. The molecule has 1 N–H and O–H groups in total. The van der Waals surface area contributed by atoms with Gasteiger partial charge in [-0.15, -0.1) is 13.2 Å². The molecule has 0 unspecified atom stereocenters. The SMILES string of the molecule is COc1ccccc1-c1cc(C(=O)NCc2ccc(OC(F)(F)F)cc2)no1. The van der Waals surface area contributed by atoms with E-state index in [1.807, 2.05) is 0 Å². The molecule has 0 saturated carbocycles. The molecule has 1 amide bonds. The van der Waals surface area contributed by atoms with Crippen molar-refractivity contribution in [2.45, 2.75) is 12.9 Å². The van der Waals surface area contributed by atoms with Crippen LogP contribution in [-0.2, 0) is 6.54 Å². The van der Waals surface area contributed by atoms with Crippen LogP contribution in [0.1, 0.15) is 16.1 Å². The molecule has 3 aromatic rings. The van der Waals surface area contributed by atoms with Crippen LogP contribution < -0.4 is 14.8 Å². The maximum Gasteiger partial charge on any atom is 0.573 e. The van der Waals surface area contributed by atoms with Crippen LogP contribution in [0.4, 0.5) is 13.2 Å². The number of halogens is 3. The van der Waals surface area contributed by atoms with Gasteiger partial charge in [0.25, 0.3) is 5.91 Å². The first-order chi connectivity index (χ1) is 13.4. The number of nitrogens with one attached hydrogen (secondary N) is 1. The molecule has 0 spiro atoms. The van der Waals surface area contributed by atoms with Crippen molar-refractivity contribution in [1.29, 1.82) is 0 Å². The van der Waals surface area contributed by atoms with Gasteiger partial charge < -0.3 is 19.3 Å². The molecule has 0 saturated heterocycles. The Kier molecular flexibility index (Phi) is 5.53. The van der Waals surface area contributed by atoms with E-state index in [2.05, 4.69) is 15.2 Å². The highest BCUT2D eigenvalue weighted by atomic mass is 19.4. The molecule has 0 fully saturated rings. The van der Waals surface area contributed by atoms with Crippen molar-refractivity contribution in [3.63, 3.8) is 0 Å². The Morgan fingerprint density at radius 2 is 1.86 bits per heavy atom. The van der Waals surface area contributed by atoms with E-state index in [1.165, 1.54) is 37.4 Å². The average molecular weight is 392 g/mol. The summed E-state index contributed by atoms with van der Waals surface area (Å²) >= 11 is 0. The number of para-hydroxylation sites is 1. The third-order valence-electron chi connectivity index (χ3n) is 3.73. The van der Waals surface area contributed by atoms with Gasteiger partial charge in [0.05, 0.1) is 12.7 Å². The van der Waals surface area contributed by atoms with Crippen LogP contribution in [0.5, 0.6) is 11.5 Å². The van der Waals surface area contributed by atoms with Crippen LogP contribution in [-0.4, -0.2) is 24.5 Å².